The molecule has 1 aliphatic heterocycles. The van der Waals surface area contributed by atoms with Crippen LogP contribution in [-0.2, 0) is 11.0 Å². The normalized spacial score (nSPS) is 15.5. The number of carbonyl (C=O) groups excluding carboxylic acids is 1. The maximum atomic E-state index is 12.9. The van der Waals surface area contributed by atoms with Gasteiger partial charge < -0.3 is 0 Å². The van der Waals surface area contributed by atoms with E-state index in [4.69, 9.17) is 0 Å². The Hall–Kier alpha value is -1.89. The van der Waals surface area contributed by atoms with Crippen LogP contribution >= 0.6 is 0 Å². The summed E-state index contributed by atoms with van der Waals surface area (Å²) < 4.78 is 38.8. The third-order valence-corrected chi connectivity index (χ3v) is 3.23. The van der Waals surface area contributed by atoms with Crippen molar-refractivity contribution in [3.05, 3.63) is 23.8 Å². The molecule has 0 unspecified atom stereocenters. The third kappa shape index (κ3) is 3.47. The van der Waals surface area contributed by atoms with E-state index in [1.807, 2.05) is 13.8 Å². The number of anilines is 1. The van der Waals surface area contributed by atoms with Gasteiger partial charge in [0, 0.05) is 19.8 Å². The van der Waals surface area contributed by atoms with Gasteiger partial charge in [0.15, 0.2) is 0 Å². The summed E-state index contributed by atoms with van der Waals surface area (Å²) in [5.41, 5.74) is -0.273. The molecule has 2 rings (SSSR count). The molecule has 0 atom stereocenters. The highest BCUT2D eigenvalue weighted by atomic mass is 19.4. The molecule has 0 saturated carbocycles. The molecule has 0 spiro atoms. The summed E-state index contributed by atoms with van der Waals surface area (Å²) in [6.45, 7) is 4.49. The summed E-state index contributed by atoms with van der Waals surface area (Å²) >= 11 is 0. The average Bonchev–Trinajstić information content (AvgIpc) is 2.54. The van der Waals surface area contributed by atoms with Gasteiger partial charge in [-0.1, -0.05) is 13.8 Å². The fraction of sp³-hybridized carbons (Fsp3) is 0.467. The van der Waals surface area contributed by atoms with E-state index in [0.717, 1.165) is 12.1 Å². The van der Waals surface area contributed by atoms with Crippen LogP contribution in [0.3, 0.4) is 0 Å². The highest BCUT2D eigenvalue weighted by Crippen LogP contribution is 2.38. The van der Waals surface area contributed by atoms with Crippen molar-refractivity contribution in [1.29, 1.82) is 0 Å². The Morgan fingerprint density at radius 3 is 2.64 bits per heavy atom. The number of rotatable bonds is 3. The smallest absolute Gasteiger partial charge is 0.273 e. The van der Waals surface area contributed by atoms with Crippen molar-refractivity contribution in [3.63, 3.8) is 0 Å². The Bertz CT molecular complexity index is 596. The van der Waals surface area contributed by atoms with Crippen molar-refractivity contribution in [2.45, 2.75) is 26.4 Å². The maximum absolute atomic E-state index is 12.9. The van der Waals surface area contributed by atoms with Crippen LogP contribution in [0.2, 0.25) is 0 Å². The lowest BCUT2D eigenvalue weighted by Gasteiger charge is -2.33. The molecule has 0 radical (unpaired) electrons. The van der Waals surface area contributed by atoms with E-state index in [9.17, 15) is 18.0 Å². The molecule has 0 fully saturated rings. The number of alkyl halides is 3. The zero-order valence-electron chi connectivity index (χ0n) is 12.7. The summed E-state index contributed by atoms with van der Waals surface area (Å²) in [5, 5.41) is 2.93. The van der Waals surface area contributed by atoms with E-state index in [1.54, 1.807) is 12.1 Å². The lowest BCUT2D eigenvalue weighted by molar-refractivity contribution is -0.137. The van der Waals surface area contributed by atoms with E-state index in [-0.39, 0.29) is 23.9 Å². The number of amides is 1. The lowest BCUT2D eigenvalue weighted by atomic mass is 10.1. The van der Waals surface area contributed by atoms with Gasteiger partial charge in [-0.05, 0) is 24.1 Å². The summed E-state index contributed by atoms with van der Waals surface area (Å²) in [4.78, 5) is 16.4. The van der Waals surface area contributed by atoms with Gasteiger partial charge in [-0.25, -0.2) is 10.0 Å². The topological polar surface area (TPSA) is 35.9 Å². The van der Waals surface area contributed by atoms with Crippen molar-refractivity contribution in [2.75, 3.05) is 18.6 Å². The molecule has 4 nitrogen and oxygen atoms in total. The van der Waals surface area contributed by atoms with Crippen LogP contribution in [-0.4, -0.2) is 30.7 Å². The molecule has 0 bridgehead atoms. The van der Waals surface area contributed by atoms with Crippen LogP contribution in [0.25, 0.3) is 0 Å². The predicted molar refractivity (Wildman–Crippen MR) is 79.2 cm³/mol. The predicted octanol–water partition coefficient (Wildman–Crippen LogP) is 3.65. The van der Waals surface area contributed by atoms with E-state index in [2.05, 4.69) is 4.99 Å². The fourth-order valence-corrected chi connectivity index (χ4v) is 2.41. The molecule has 1 amide bonds. The number of hydrogen-bond donors (Lipinski definition) is 0. The van der Waals surface area contributed by atoms with Crippen LogP contribution in [0, 0.1) is 5.92 Å². The molecule has 1 aromatic rings. The number of halogens is 3. The quantitative estimate of drug-likeness (QED) is 0.854. The fourth-order valence-electron chi connectivity index (χ4n) is 2.41. The second-order valence-corrected chi connectivity index (χ2v) is 5.66. The van der Waals surface area contributed by atoms with Gasteiger partial charge in [0.25, 0.3) is 0 Å². The molecule has 0 aliphatic carbocycles. The van der Waals surface area contributed by atoms with Crippen LogP contribution in [0.1, 0.15) is 25.8 Å². The first-order chi connectivity index (χ1) is 10.2. The van der Waals surface area contributed by atoms with E-state index >= 15 is 0 Å². The molecular formula is C15H18F3N3O. The molecule has 22 heavy (non-hydrogen) atoms. The van der Waals surface area contributed by atoms with E-state index < -0.39 is 11.7 Å². The SMILES string of the molecule is CC(C)CN(C)N1C(=O)CC=Nc2ccc(C(F)(F)F)cc21. The molecule has 1 heterocycles. The minimum atomic E-state index is -4.46. The molecule has 0 saturated heterocycles. The first-order valence-corrected chi connectivity index (χ1v) is 6.98. The summed E-state index contributed by atoms with van der Waals surface area (Å²) in [6.07, 6.45) is -2.98. The number of fused-ring (bicyclic) bond motifs is 1. The third-order valence-electron chi connectivity index (χ3n) is 3.23. The highest BCUT2D eigenvalue weighted by molar-refractivity contribution is 6.04. The first kappa shape index (κ1) is 16.5. The van der Waals surface area contributed by atoms with Gasteiger partial charge in [-0.2, -0.15) is 13.2 Å². The minimum absolute atomic E-state index is 0.0540. The molecule has 0 N–H and O–H groups in total. The molecule has 1 aliphatic rings. The Morgan fingerprint density at radius 2 is 2.05 bits per heavy atom. The highest BCUT2D eigenvalue weighted by Gasteiger charge is 2.33. The van der Waals surface area contributed by atoms with Crippen molar-refractivity contribution >= 4 is 23.5 Å². The average molecular weight is 313 g/mol. The van der Waals surface area contributed by atoms with E-state index in [1.165, 1.54) is 17.3 Å². The van der Waals surface area contributed by atoms with Crippen LogP contribution < -0.4 is 5.01 Å². The Balaban J connectivity index is 2.50. The van der Waals surface area contributed by atoms with Crippen molar-refractivity contribution in [1.82, 2.24) is 5.01 Å². The zero-order chi connectivity index (χ0) is 16.5. The molecule has 0 aromatic heterocycles. The lowest BCUT2D eigenvalue weighted by Crippen LogP contribution is -2.46. The maximum Gasteiger partial charge on any atom is 0.416 e. The van der Waals surface area contributed by atoms with Crippen LogP contribution in [0.4, 0.5) is 24.5 Å². The van der Waals surface area contributed by atoms with Crippen LogP contribution in [0.15, 0.2) is 23.2 Å². The van der Waals surface area contributed by atoms with Gasteiger partial charge in [0.2, 0.25) is 5.91 Å². The van der Waals surface area contributed by atoms with Gasteiger partial charge in [-0.15, -0.1) is 0 Å². The van der Waals surface area contributed by atoms with Crippen molar-refractivity contribution < 1.29 is 18.0 Å². The Labute approximate surface area is 127 Å². The summed E-state index contributed by atoms with van der Waals surface area (Å²) in [5.74, 6) is -0.0406. The Morgan fingerprint density at radius 1 is 1.36 bits per heavy atom. The summed E-state index contributed by atoms with van der Waals surface area (Å²) in [6, 6.07) is 3.25. The summed E-state index contributed by atoms with van der Waals surface area (Å²) in [7, 11) is 1.69. The first-order valence-electron chi connectivity index (χ1n) is 6.98. The van der Waals surface area contributed by atoms with Gasteiger partial charge >= 0.3 is 6.18 Å². The van der Waals surface area contributed by atoms with Crippen molar-refractivity contribution in [2.24, 2.45) is 10.9 Å². The molecular weight excluding hydrogens is 295 g/mol. The standard InChI is InChI=1S/C15H18F3N3O/c1-10(2)9-20(3)21-13-8-11(15(16,17)18)4-5-12(13)19-7-6-14(21)22/h4-5,7-8,10H,6,9H2,1-3H3. The number of carbonyl (C=O) groups is 1. The molecule has 1 aromatic carbocycles. The van der Waals surface area contributed by atoms with Gasteiger partial charge in [0.05, 0.1) is 23.4 Å². The van der Waals surface area contributed by atoms with Gasteiger partial charge in [-0.3, -0.25) is 9.79 Å². The number of aliphatic imine (C=N–C) groups is 1. The Kier molecular flexibility index (Phi) is 4.55. The number of nitrogens with zero attached hydrogens (tertiary/aromatic N) is 3. The monoisotopic (exact) mass is 313 g/mol. The van der Waals surface area contributed by atoms with Crippen LogP contribution in [0.5, 0.6) is 0 Å². The number of hydrogen-bond acceptors (Lipinski definition) is 3. The number of hydrazine groups is 1. The zero-order valence-corrected chi connectivity index (χ0v) is 12.7. The van der Waals surface area contributed by atoms with E-state index in [0.29, 0.717) is 12.2 Å². The second kappa shape index (κ2) is 6.08. The molecule has 7 heteroatoms. The molecule has 120 valence electrons. The largest absolute Gasteiger partial charge is 0.416 e. The van der Waals surface area contributed by atoms with Gasteiger partial charge in [0.1, 0.15) is 0 Å². The minimum Gasteiger partial charge on any atom is -0.273 e. The second-order valence-electron chi connectivity index (χ2n) is 5.66. The number of benzene rings is 1. The van der Waals surface area contributed by atoms with Crippen molar-refractivity contribution in [3.8, 4) is 0 Å².